The Labute approximate surface area is 186 Å². The predicted molar refractivity (Wildman–Crippen MR) is 113 cm³/mol. The van der Waals surface area contributed by atoms with Gasteiger partial charge in [0.05, 0.1) is 20.3 Å². The molecule has 0 saturated carbocycles. The maximum absolute atomic E-state index is 13.0. The highest BCUT2D eigenvalue weighted by Crippen LogP contribution is 2.35. The third-order valence-corrected chi connectivity index (χ3v) is 7.87. The van der Waals surface area contributed by atoms with E-state index >= 15 is 0 Å². The zero-order valence-corrected chi connectivity index (χ0v) is 19.4. The normalized spacial score (nSPS) is 15.3. The van der Waals surface area contributed by atoms with Gasteiger partial charge >= 0.3 is 6.03 Å². The SMILES string of the molecule is COc1cc(OC)nc(NC(=O)NS(=O)(=O)c2cccc3c2S(=O)(=O)N(CC(C)C)C3)n1. The third-order valence-electron chi connectivity index (χ3n) is 4.41. The van der Waals surface area contributed by atoms with E-state index in [0.717, 1.165) is 6.07 Å². The summed E-state index contributed by atoms with van der Waals surface area (Å²) in [7, 11) is -5.90. The van der Waals surface area contributed by atoms with Crippen molar-refractivity contribution in [1.29, 1.82) is 0 Å². The van der Waals surface area contributed by atoms with Gasteiger partial charge in [-0.1, -0.05) is 26.0 Å². The number of benzene rings is 1. The van der Waals surface area contributed by atoms with Crippen molar-refractivity contribution in [2.45, 2.75) is 30.2 Å². The Kier molecular flexibility index (Phi) is 6.57. The Balaban J connectivity index is 1.88. The molecule has 3 rings (SSSR count). The summed E-state index contributed by atoms with van der Waals surface area (Å²) in [6.45, 7) is 4.01. The number of urea groups is 1. The lowest BCUT2D eigenvalue weighted by Gasteiger charge is -2.17. The second kappa shape index (κ2) is 8.88. The van der Waals surface area contributed by atoms with Crippen LogP contribution < -0.4 is 19.5 Å². The number of sulfonamides is 2. The molecule has 0 atom stereocenters. The molecule has 14 heteroatoms. The lowest BCUT2D eigenvalue weighted by Crippen LogP contribution is -2.36. The maximum atomic E-state index is 13.0. The largest absolute Gasteiger partial charge is 0.481 e. The molecule has 2 amide bonds. The quantitative estimate of drug-likeness (QED) is 0.587. The average molecular weight is 486 g/mol. The molecule has 1 aromatic heterocycles. The molecule has 174 valence electrons. The summed E-state index contributed by atoms with van der Waals surface area (Å²) in [5.41, 5.74) is 0.342. The summed E-state index contributed by atoms with van der Waals surface area (Å²) >= 11 is 0. The number of hydrogen-bond acceptors (Lipinski definition) is 9. The number of methoxy groups -OCH3 is 2. The molecule has 2 aromatic rings. The van der Waals surface area contributed by atoms with Crippen molar-refractivity contribution >= 4 is 32.0 Å². The Hall–Kier alpha value is -2.97. The van der Waals surface area contributed by atoms with Gasteiger partial charge in [-0.2, -0.15) is 14.3 Å². The van der Waals surface area contributed by atoms with Gasteiger partial charge in [0.25, 0.3) is 10.0 Å². The molecule has 1 aromatic carbocycles. The molecule has 1 aliphatic heterocycles. The summed E-state index contributed by atoms with van der Waals surface area (Å²) in [6.07, 6.45) is 0. The van der Waals surface area contributed by atoms with E-state index in [9.17, 15) is 21.6 Å². The highest BCUT2D eigenvalue weighted by atomic mass is 32.2. The molecule has 0 bridgehead atoms. The topological polar surface area (TPSA) is 157 Å². The van der Waals surface area contributed by atoms with E-state index in [4.69, 9.17) is 9.47 Å². The molecule has 0 spiro atoms. The van der Waals surface area contributed by atoms with E-state index in [-0.39, 0.29) is 41.6 Å². The smallest absolute Gasteiger partial charge is 0.335 e. The van der Waals surface area contributed by atoms with E-state index in [2.05, 4.69) is 15.3 Å². The van der Waals surface area contributed by atoms with Crippen LogP contribution in [0.1, 0.15) is 19.4 Å². The Morgan fingerprint density at radius 3 is 2.38 bits per heavy atom. The van der Waals surface area contributed by atoms with Crippen molar-refractivity contribution < 1.29 is 31.1 Å². The first-order valence-corrected chi connectivity index (χ1v) is 12.3. The Morgan fingerprint density at radius 2 is 1.81 bits per heavy atom. The molecule has 0 fully saturated rings. The molecule has 12 nitrogen and oxygen atoms in total. The number of rotatable bonds is 7. The molecule has 0 saturated heterocycles. The van der Waals surface area contributed by atoms with Crippen molar-refractivity contribution in [3.63, 3.8) is 0 Å². The van der Waals surface area contributed by atoms with E-state index in [1.807, 2.05) is 13.8 Å². The fourth-order valence-electron chi connectivity index (χ4n) is 3.14. The van der Waals surface area contributed by atoms with Crippen LogP contribution in [0.4, 0.5) is 10.7 Å². The van der Waals surface area contributed by atoms with Gasteiger partial charge < -0.3 is 9.47 Å². The van der Waals surface area contributed by atoms with Gasteiger partial charge in [-0.25, -0.2) is 26.4 Å². The first-order valence-electron chi connectivity index (χ1n) is 9.41. The molecule has 2 N–H and O–H groups in total. The fourth-order valence-corrected chi connectivity index (χ4v) is 6.67. The summed E-state index contributed by atoms with van der Waals surface area (Å²) in [6, 6.07) is 4.28. The highest BCUT2D eigenvalue weighted by Gasteiger charge is 2.40. The third kappa shape index (κ3) is 4.76. The Morgan fingerprint density at radius 1 is 1.19 bits per heavy atom. The number of carbonyl (C=O) groups is 1. The standard InChI is InChI=1S/C18H23N5O7S2/c1-11(2)9-23-10-12-6-5-7-13(16(12)32(23,27)28)31(25,26)22-18(24)21-17-19-14(29-3)8-15(20-17)30-4/h5-8,11H,9-10H2,1-4H3,(H2,19,20,21,22,24). The van der Waals surface area contributed by atoms with Crippen LogP contribution in [-0.2, 0) is 26.6 Å². The Bertz CT molecular complexity index is 1220. The second-order valence-corrected chi connectivity index (χ2v) is 10.8. The second-order valence-electron chi connectivity index (χ2n) is 7.27. The van der Waals surface area contributed by atoms with Gasteiger partial charge in [0, 0.05) is 13.1 Å². The number of ether oxygens (including phenoxy) is 2. The minimum absolute atomic E-state index is 0.0444. The van der Waals surface area contributed by atoms with Gasteiger partial charge in [0.1, 0.15) is 9.79 Å². The zero-order valence-electron chi connectivity index (χ0n) is 17.8. The number of carbonyl (C=O) groups excluding carboxylic acids is 1. The fraction of sp³-hybridized carbons (Fsp3) is 0.389. The summed E-state index contributed by atoms with van der Waals surface area (Å²) in [5, 5.41) is 2.17. The van der Waals surface area contributed by atoms with E-state index in [0.29, 0.717) is 5.56 Å². The highest BCUT2D eigenvalue weighted by molar-refractivity contribution is 7.93. The summed E-state index contributed by atoms with van der Waals surface area (Å²) in [4.78, 5) is 19.3. The number of nitrogens with one attached hydrogen (secondary N) is 2. The monoisotopic (exact) mass is 485 g/mol. The first kappa shape index (κ1) is 23.7. The van der Waals surface area contributed by atoms with Gasteiger partial charge in [-0.05, 0) is 17.5 Å². The van der Waals surface area contributed by atoms with E-state index < -0.39 is 31.0 Å². The van der Waals surface area contributed by atoms with Crippen LogP contribution in [-0.4, -0.2) is 57.9 Å². The number of amides is 2. The van der Waals surface area contributed by atoms with Crippen LogP contribution in [0.25, 0.3) is 0 Å². The van der Waals surface area contributed by atoms with Crippen LogP contribution in [0.5, 0.6) is 11.8 Å². The van der Waals surface area contributed by atoms with Crippen LogP contribution in [0, 0.1) is 5.92 Å². The lowest BCUT2D eigenvalue weighted by atomic mass is 10.2. The molecular weight excluding hydrogens is 462 g/mol. The van der Waals surface area contributed by atoms with Gasteiger partial charge in [0.2, 0.25) is 27.7 Å². The van der Waals surface area contributed by atoms with Crippen LogP contribution in [0.15, 0.2) is 34.1 Å². The minimum Gasteiger partial charge on any atom is -0.481 e. The van der Waals surface area contributed by atoms with Crippen molar-refractivity contribution in [2.75, 3.05) is 26.1 Å². The number of anilines is 1. The number of hydrogen-bond donors (Lipinski definition) is 2. The van der Waals surface area contributed by atoms with Gasteiger partial charge in [-0.15, -0.1) is 0 Å². The van der Waals surface area contributed by atoms with Crippen molar-refractivity contribution in [1.82, 2.24) is 19.0 Å². The molecular formula is C18H23N5O7S2. The van der Waals surface area contributed by atoms with Gasteiger partial charge in [0.15, 0.2) is 0 Å². The number of fused-ring (bicyclic) bond motifs is 1. The molecule has 32 heavy (non-hydrogen) atoms. The maximum Gasteiger partial charge on any atom is 0.335 e. The van der Waals surface area contributed by atoms with Crippen molar-refractivity contribution in [3.8, 4) is 11.8 Å². The van der Waals surface area contributed by atoms with Crippen LogP contribution in [0.3, 0.4) is 0 Å². The number of aromatic nitrogens is 2. The van der Waals surface area contributed by atoms with E-state index in [1.165, 1.54) is 30.7 Å². The molecule has 0 unspecified atom stereocenters. The van der Waals surface area contributed by atoms with Gasteiger partial charge in [-0.3, -0.25) is 5.32 Å². The summed E-state index contributed by atoms with van der Waals surface area (Å²) in [5.74, 6) is -0.0785. The lowest BCUT2D eigenvalue weighted by molar-refractivity contribution is 0.256. The minimum atomic E-state index is -4.55. The van der Waals surface area contributed by atoms with Crippen LogP contribution in [0.2, 0.25) is 0 Å². The number of nitrogens with zero attached hydrogens (tertiary/aromatic N) is 3. The average Bonchev–Trinajstić information content (AvgIpc) is 2.96. The molecule has 2 heterocycles. The molecule has 0 aliphatic carbocycles. The molecule has 0 radical (unpaired) electrons. The first-order chi connectivity index (χ1) is 15.0. The van der Waals surface area contributed by atoms with Crippen LogP contribution >= 0.6 is 0 Å². The predicted octanol–water partition coefficient (Wildman–Crippen LogP) is 1.16. The van der Waals surface area contributed by atoms with E-state index in [1.54, 1.807) is 10.8 Å². The van der Waals surface area contributed by atoms with Crippen molar-refractivity contribution in [3.05, 3.63) is 29.8 Å². The molecule has 1 aliphatic rings. The summed E-state index contributed by atoms with van der Waals surface area (Å²) < 4.78 is 64.8. The van der Waals surface area contributed by atoms with Crippen molar-refractivity contribution in [2.24, 2.45) is 5.92 Å². The zero-order chi connectivity index (χ0) is 23.7.